The van der Waals surface area contributed by atoms with Gasteiger partial charge >= 0.3 is 5.97 Å². The van der Waals surface area contributed by atoms with E-state index in [1.54, 1.807) is 20.8 Å². The number of carbonyl (C=O) groups excluding carboxylic acids is 4. The van der Waals surface area contributed by atoms with Gasteiger partial charge in [0.1, 0.15) is 5.54 Å². The summed E-state index contributed by atoms with van der Waals surface area (Å²) < 4.78 is 16.1. The van der Waals surface area contributed by atoms with Crippen LogP contribution >= 0.6 is 11.8 Å². The molecule has 2 rings (SSSR count). The summed E-state index contributed by atoms with van der Waals surface area (Å²) in [4.78, 5) is 53.5. The first-order chi connectivity index (χ1) is 18.0. The van der Waals surface area contributed by atoms with Crippen LogP contribution in [0.4, 0.5) is 0 Å². The summed E-state index contributed by atoms with van der Waals surface area (Å²) in [6, 6.07) is 8.40. The summed E-state index contributed by atoms with van der Waals surface area (Å²) in [7, 11) is 0. The molecule has 0 radical (unpaired) electrons. The molecule has 0 aliphatic carbocycles. The number of amides is 2. The van der Waals surface area contributed by atoms with E-state index in [1.807, 2.05) is 49.1 Å². The van der Waals surface area contributed by atoms with E-state index in [2.05, 4.69) is 10.6 Å². The number of hydrogen-bond acceptors (Lipinski definition) is 9. The molecule has 10 nitrogen and oxygen atoms in total. The summed E-state index contributed by atoms with van der Waals surface area (Å²) in [5, 5.41) is 4.62. The number of thioether (sulfide) groups is 1. The van der Waals surface area contributed by atoms with E-state index in [4.69, 9.17) is 14.2 Å². The molecule has 1 aromatic rings. The van der Waals surface area contributed by atoms with Crippen LogP contribution in [0, 0.1) is 5.92 Å². The number of nitrogens with one attached hydrogen (secondary N) is 2. The summed E-state index contributed by atoms with van der Waals surface area (Å²) in [6.07, 6.45) is 0. The molecular weight excluding hydrogens is 510 g/mol. The maximum absolute atomic E-state index is 13.2. The zero-order chi connectivity index (χ0) is 28.1. The van der Waals surface area contributed by atoms with Crippen LogP contribution in [0.3, 0.4) is 0 Å². The predicted octanol–water partition coefficient (Wildman–Crippen LogP) is 1.76. The monoisotopic (exact) mass is 551 g/mol. The van der Waals surface area contributed by atoms with E-state index in [9.17, 15) is 19.2 Å². The lowest BCUT2D eigenvalue weighted by Crippen LogP contribution is -2.60. The van der Waals surface area contributed by atoms with Crippen LogP contribution in [-0.4, -0.2) is 90.7 Å². The zero-order valence-corrected chi connectivity index (χ0v) is 23.8. The van der Waals surface area contributed by atoms with Gasteiger partial charge < -0.3 is 24.8 Å². The normalized spacial score (nSPS) is 15.9. The van der Waals surface area contributed by atoms with Crippen LogP contribution in [0.2, 0.25) is 0 Å². The fraction of sp³-hybridized carbons (Fsp3) is 0.630. The lowest BCUT2D eigenvalue weighted by molar-refractivity contribution is -0.150. The van der Waals surface area contributed by atoms with Gasteiger partial charge in [-0.05, 0) is 32.3 Å². The number of rotatable bonds is 14. The van der Waals surface area contributed by atoms with E-state index < -0.39 is 34.6 Å². The number of esters is 1. The lowest BCUT2D eigenvalue weighted by Gasteiger charge is -2.30. The maximum atomic E-state index is 13.2. The highest BCUT2D eigenvalue weighted by atomic mass is 32.2. The molecular formula is C27H41N3O7S. The smallest absolute Gasteiger partial charge is 0.331 e. The summed E-state index contributed by atoms with van der Waals surface area (Å²) in [6.45, 7) is 11.5. The molecule has 0 aromatic heterocycles. The number of hydrogen-bond donors (Lipinski definition) is 2. The summed E-state index contributed by atoms with van der Waals surface area (Å²) in [5.74, 6) is -1.76. The van der Waals surface area contributed by atoms with Gasteiger partial charge in [0, 0.05) is 13.1 Å². The van der Waals surface area contributed by atoms with E-state index in [0.29, 0.717) is 26.3 Å². The van der Waals surface area contributed by atoms with Crippen molar-refractivity contribution in [1.82, 2.24) is 15.5 Å². The average molecular weight is 552 g/mol. The van der Waals surface area contributed by atoms with Crippen LogP contribution in [0.25, 0.3) is 0 Å². The van der Waals surface area contributed by atoms with Gasteiger partial charge in [0.2, 0.25) is 16.9 Å². The van der Waals surface area contributed by atoms with Crippen molar-refractivity contribution in [2.45, 2.75) is 58.1 Å². The molecule has 1 heterocycles. The second kappa shape index (κ2) is 15.8. The molecule has 1 fully saturated rings. The van der Waals surface area contributed by atoms with E-state index >= 15 is 0 Å². The second-order valence-corrected chi connectivity index (χ2v) is 11.1. The first-order valence-corrected chi connectivity index (χ1v) is 13.8. The van der Waals surface area contributed by atoms with E-state index in [0.717, 1.165) is 17.3 Å². The third-order valence-electron chi connectivity index (χ3n) is 5.85. The van der Waals surface area contributed by atoms with Gasteiger partial charge in [0.05, 0.1) is 44.8 Å². The second-order valence-electron chi connectivity index (χ2n) is 9.94. The first-order valence-electron chi connectivity index (χ1n) is 12.9. The third-order valence-corrected chi connectivity index (χ3v) is 7.26. The zero-order valence-electron chi connectivity index (χ0n) is 23.0. The van der Waals surface area contributed by atoms with Crippen LogP contribution < -0.4 is 10.6 Å². The fourth-order valence-corrected chi connectivity index (χ4v) is 4.65. The molecule has 1 aliphatic heterocycles. The van der Waals surface area contributed by atoms with Crippen LogP contribution in [0.1, 0.15) is 40.2 Å². The van der Waals surface area contributed by atoms with Gasteiger partial charge in [0.25, 0.3) is 0 Å². The van der Waals surface area contributed by atoms with Crippen molar-refractivity contribution in [3.63, 3.8) is 0 Å². The van der Waals surface area contributed by atoms with Gasteiger partial charge in [-0.25, -0.2) is 4.79 Å². The minimum absolute atomic E-state index is 0.0932. The third kappa shape index (κ3) is 10.7. The Morgan fingerprint density at radius 1 is 1.11 bits per heavy atom. The topological polar surface area (TPSA) is 123 Å². The van der Waals surface area contributed by atoms with Crippen molar-refractivity contribution < 1.29 is 33.4 Å². The largest absolute Gasteiger partial charge is 0.464 e. The standard InChI is InChI=1S/C27H41N3O7S/c1-6-37-25(33)21(18-36-17-20-10-8-7-9-11-20)28-26(34)27(4,5)29-24(32)23(19(2)3)38-22(31)16-30-12-14-35-15-13-30/h7-11,19,21,23H,6,12-18H2,1-5H3,(H,28,34)(H,29,32). The summed E-state index contributed by atoms with van der Waals surface area (Å²) >= 11 is 0.982. The molecule has 11 heteroatoms. The van der Waals surface area contributed by atoms with E-state index in [-0.39, 0.29) is 37.4 Å². The quantitative estimate of drug-likeness (QED) is 0.333. The maximum Gasteiger partial charge on any atom is 0.331 e. The van der Waals surface area contributed by atoms with Crippen molar-refractivity contribution in [3.05, 3.63) is 35.9 Å². The molecule has 38 heavy (non-hydrogen) atoms. The molecule has 212 valence electrons. The first kappa shape index (κ1) is 31.7. The van der Waals surface area contributed by atoms with Gasteiger partial charge in [-0.3, -0.25) is 19.3 Å². The van der Waals surface area contributed by atoms with Crippen molar-refractivity contribution >= 4 is 34.7 Å². The molecule has 1 aromatic carbocycles. The number of benzene rings is 1. The molecule has 1 aliphatic rings. The average Bonchev–Trinajstić information content (AvgIpc) is 2.87. The molecule has 0 bridgehead atoms. The highest BCUT2D eigenvalue weighted by molar-refractivity contribution is 8.14. The Morgan fingerprint density at radius 3 is 2.37 bits per heavy atom. The molecule has 2 amide bonds. The molecule has 2 unspecified atom stereocenters. The number of nitrogens with zero attached hydrogens (tertiary/aromatic N) is 1. The Morgan fingerprint density at radius 2 is 1.76 bits per heavy atom. The van der Waals surface area contributed by atoms with Gasteiger partial charge in [-0.15, -0.1) is 0 Å². The Bertz CT molecular complexity index is 921. The fourth-order valence-electron chi connectivity index (χ4n) is 3.67. The lowest BCUT2D eigenvalue weighted by atomic mass is 10.0. The highest BCUT2D eigenvalue weighted by Crippen LogP contribution is 2.22. The van der Waals surface area contributed by atoms with Crippen molar-refractivity contribution in [2.24, 2.45) is 5.92 Å². The number of ether oxygens (including phenoxy) is 3. The Labute approximate surface area is 229 Å². The Hall–Kier alpha value is -2.47. The number of carbonyl (C=O) groups is 4. The molecule has 0 spiro atoms. The van der Waals surface area contributed by atoms with E-state index in [1.165, 1.54) is 0 Å². The molecule has 2 atom stereocenters. The van der Waals surface area contributed by atoms with Crippen LogP contribution in [0.5, 0.6) is 0 Å². The van der Waals surface area contributed by atoms with Crippen LogP contribution in [-0.2, 0) is 40.0 Å². The molecule has 0 saturated carbocycles. The van der Waals surface area contributed by atoms with Gasteiger partial charge in [-0.2, -0.15) is 0 Å². The SMILES string of the molecule is CCOC(=O)C(COCc1ccccc1)NC(=O)C(C)(C)NC(=O)C(SC(=O)CN1CCOCC1)C(C)C. The Kier molecular flexibility index (Phi) is 13.2. The molecule has 2 N–H and O–H groups in total. The van der Waals surface area contributed by atoms with Crippen molar-refractivity contribution in [3.8, 4) is 0 Å². The van der Waals surface area contributed by atoms with Crippen molar-refractivity contribution in [1.29, 1.82) is 0 Å². The minimum Gasteiger partial charge on any atom is -0.464 e. The number of morpholine rings is 1. The molecule has 1 saturated heterocycles. The summed E-state index contributed by atoms with van der Waals surface area (Å²) in [5.41, 5.74) is -0.434. The highest BCUT2D eigenvalue weighted by Gasteiger charge is 2.37. The van der Waals surface area contributed by atoms with Crippen LogP contribution in [0.15, 0.2) is 30.3 Å². The van der Waals surface area contributed by atoms with Gasteiger partial charge in [-0.1, -0.05) is 55.9 Å². The Balaban J connectivity index is 1.97. The minimum atomic E-state index is -1.36. The predicted molar refractivity (Wildman–Crippen MR) is 145 cm³/mol. The van der Waals surface area contributed by atoms with Crippen molar-refractivity contribution in [2.75, 3.05) is 46.1 Å². The van der Waals surface area contributed by atoms with Gasteiger partial charge in [0.15, 0.2) is 6.04 Å².